The fourth-order valence-electron chi connectivity index (χ4n) is 2.45. The van der Waals surface area contributed by atoms with Crippen LogP contribution in [0.25, 0.3) is 0 Å². The highest BCUT2D eigenvalue weighted by Crippen LogP contribution is 2.39. The Kier molecular flexibility index (Phi) is 5.28. The largest absolute Gasteiger partial charge is 0.454 e. The van der Waals surface area contributed by atoms with Gasteiger partial charge in [-0.3, -0.25) is 0 Å². The molecule has 2 rings (SSSR count). The number of carbonyl (C=O) groups excluding carboxylic acids is 2. The van der Waals surface area contributed by atoms with Crippen molar-refractivity contribution in [3.63, 3.8) is 0 Å². The first-order chi connectivity index (χ1) is 10.9. The number of urea groups is 1. The molecule has 1 aromatic carbocycles. The molecule has 1 aliphatic rings. The number of amides is 2. The SMILES string of the molecule is C#CCC1(OC(=O)c2ccc(NC(=O)NC(C)C)cc2)CCC1. The summed E-state index contributed by atoms with van der Waals surface area (Å²) in [5.41, 5.74) is 0.574. The van der Waals surface area contributed by atoms with Crippen molar-refractivity contribution in [3.05, 3.63) is 29.8 Å². The molecule has 122 valence electrons. The summed E-state index contributed by atoms with van der Waals surface area (Å²) >= 11 is 0. The van der Waals surface area contributed by atoms with Gasteiger partial charge in [-0.15, -0.1) is 12.3 Å². The number of carbonyl (C=O) groups is 2. The summed E-state index contributed by atoms with van der Waals surface area (Å²) in [4.78, 5) is 23.8. The van der Waals surface area contributed by atoms with Gasteiger partial charge >= 0.3 is 12.0 Å². The van der Waals surface area contributed by atoms with Gasteiger partial charge in [-0.05, 0) is 57.4 Å². The van der Waals surface area contributed by atoms with E-state index in [2.05, 4.69) is 16.6 Å². The zero-order chi connectivity index (χ0) is 16.9. The van der Waals surface area contributed by atoms with Crippen LogP contribution < -0.4 is 10.6 Å². The van der Waals surface area contributed by atoms with E-state index in [9.17, 15) is 9.59 Å². The Labute approximate surface area is 136 Å². The van der Waals surface area contributed by atoms with E-state index >= 15 is 0 Å². The Morgan fingerprint density at radius 2 is 1.96 bits per heavy atom. The molecule has 0 spiro atoms. The number of benzene rings is 1. The third kappa shape index (κ3) is 4.49. The summed E-state index contributed by atoms with van der Waals surface area (Å²) in [5, 5.41) is 5.43. The number of nitrogens with one attached hydrogen (secondary N) is 2. The quantitative estimate of drug-likeness (QED) is 0.647. The van der Waals surface area contributed by atoms with Gasteiger partial charge in [0.15, 0.2) is 0 Å². The van der Waals surface area contributed by atoms with E-state index in [-0.39, 0.29) is 18.0 Å². The van der Waals surface area contributed by atoms with Crippen LogP contribution >= 0.6 is 0 Å². The van der Waals surface area contributed by atoms with Crippen molar-refractivity contribution in [2.45, 2.75) is 51.2 Å². The molecule has 5 nitrogen and oxygen atoms in total. The van der Waals surface area contributed by atoms with Crippen molar-refractivity contribution in [1.82, 2.24) is 5.32 Å². The zero-order valence-electron chi connectivity index (χ0n) is 13.5. The third-order valence-corrected chi connectivity index (χ3v) is 3.80. The van der Waals surface area contributed by atoms with Gasteiger partial charge < -0.3 is 15.4 Å². The van der Waals surface area contributed by atoms with E-state index in [0.717, 1.165) is 19.3 Å². The van der Waals surface area contributed by atoms with Crippen LogP contribution in [0.1, 0.15) is 49.9 Å². The number of hydrogen-bond donors (Lipinski definition) is 2. The molecular formula is C18H22N2O3. The molecule has 0 aromatic heterocycles. The van der Waals surface area contributed by atoms with Gasteiger partial charge in [0, 0.05) is 18.2 Å². The van der Waals surface area contributed by atoms with E-state index in [1.54, 1.807) is 24.3 Å². The predicted molar refractivity (Wildman–Crippen MR) is 89.2 cm³/mol. The Morgan fingerprint density at radius 3 is 2.43 bits per heavy atom. The van der Waals surface area contributed by atoms with Crippen LogP contribution in [0.4, 0.5) is 10.5 Å². The molecule has 0 atom stereocenters. The minimum Gasteiger partial charge on any atom is -0.454 e. The average Bonchev–Trinajstić information content (AvgIpc) is 2.44. The van der Waals surface area contributed by atoms with Crippen molar-refractivity contribution in [1.29, 1.82) is 0 Å². The highest BCUT2D eigenvalue weighted by molar-refractivity contribution is 5.92. The second kappa shape index (κ2) is 7.19. The van der Waals surface area contributed by atoms with Gasteiger partial charge in [0.05, 0.1) is 5.56 Å². The third-order valence-electron chi connectivity index (χ3n) is 3.80. The number of anilines is 1. The molecule has 0 aliphatic heterocycles. The summed E-state index contributed by atoms with van der Waals surface area (Å²) in [6, 6.07) is 6.39. The lowest BCUT2D eigenvalue weighted by atomic mass is 9.77. The number of ether oxygens (including phenoxy) is 1. The van der Waals surface area contributed by atoms with Crippen LogP contribution in [0.5, 0.6) is 0 Å². The van der Waals surface area contributed by atoms with E-state index in [1.165, 1.54) is 0 Å². The lowest BCUT2D eigenvalue weighted by Crippen LogP contribution is -2.41. The molecule has 2 amide bonds. The summed E-state index contributed by atoms with van der Waals surface area (Å²) in [6.45, 7) is 3.76. The fraction of sp³-hybridized carbons (Fsp3) is 0.444. The standard InChI is InChI=1S/C18H22N2O3/c1-4-10-18(11-5-12-18)23-16(21)14-6-8-15(9-7-14)20-17(22)19-13(2)3/h1,6-9,13H,5,10-12H2,2-3H3,(H2,19,20,22). The Bertz CT molecular complexity index is 610. The molecule has 0 bridgehead atoms. The van der Waals surface area contributed by atoms with Crippen molar-refractivity contribution < 1.29 is 14.3 Å². The van der Waals surface area contributed by atoms with Crippen LogP contribution in [-0.2, 0) is 4.74 Å². The van der Waals surface area contributed by atoms with Gasteiger partial charge in [-0.25, -0.2) is 9.59 Å². The average molecular weight is 314 g/mol. The van der Waals surface area contributed by atoms with Crippen LogP contribution in [0, 0.1) is 12.3 Å². The van der Waals surface area contributed by atoms with Crippen LogP contribution in [0.2, 0.25) is 0 Å². The summed E-state index contributed by atoms with van der Waals surface area (Å²) in [5.74, 6) is 2.21. The fourth-order valence-corrected chi connectivity index (χ4v) is 2.45. The summed E-state index contributed by atoms with van der Waals surface area (Å²) < 4.78 is 5.59. The predicted octanol–water partition coefficient (Wildman–Crippen LogP) is 3.32. The highest BCUT2D eigenvalue weighted by Gasteiger charge is 2.40. The minimum absolute atomic E-state index is 0.0547. The second-order valence-corrected chi connectivity index (χ2v) is 6.14. The summed E-state index contributed by atoms with van der Waals surface area (Å²) in [6.07, 6.45) is 8.47. The van der Waals surface area contributed by atoms with Gasteiger partial charge in [0.1, 0.15) is 5.60 Å². The van der Waals surface area contributed by atoms with Crippen LogP contribution in [-0.4, -0.2) is 23.6 Å². The maximum Gasteiger partial charge on any atom is 0.338 e. The van der Waals surface area contributed by atoms with Crippen molar-refractivity contribution >= 4 is 17.7 Å². The van der Waals surface area contributed by atoms with Crippen LogP contribution in [0.15, 0.2) is 24.3 Å². The maximum absolute atomic E-state index is 12.2. The molecule has 0 radical (unpaired) electrons. The molecule has 5 heteroatoms. The molecule has 1 aromatic rings. The Hall–Kier alpha value is -2.48. The normalized spacial score (nSPS) is 15.2. The lowest BCUT2D eigenvalue weighted by molar-refractivity contribution is -0.0587. The molecular weight excluding hydrogens is 292 g/mol. The molecule has 2 N–H and O–H groups in total. The van der Waals surface area contributed by atoms with Gasteiger partial charge in [0.25, 0.3) is 0 Å². The molecule has 1 aliphatic carbocycles. The Balaban J connectivity index is 1.95. The minimum atomic E-state index is -0.486. The number of hydrogen-bond acceptors (Lipinski definition) is 3. The van der Waals surface area contributed by atoms with Crippen molar-refractivity contribution in [2.24, 2.45) is 0 Å². The van der Waals surface area contributed by atoms with Gasteiger partial charge in [-0.2, -0.15) is 0 Å². The van der Waals surface area contributed by atoms with Gasteiger partial charge in [0.2, 0.25) is 0 Å². The number of terminal acetylenes is 1. The second-order valence-electron chi connectivity index (χ2n) is 6.14. The summed E-state index contributed by atoms with van der Waals surface area (Å²) in [7, 11) is 0. The first-order valence-corrected chi connectivity index (χ1v) is 7.78. The Morgan fingerprint density at radius 1 is 1.30 bits per heavy atom. The van der Waals surface area contributed by atoms with Gasteiger partial charge in [-0.1, -0.05) is 0 Å². The smallest absolute Gasteiger partial charge is 0.338 e. The molecule has 23 heavy (non-hydrogen) atoms. The van der Waals surface area contributed by atoms with E-state index in [0.29, 0.717) is 17.7 Å². The molecule has 1 fully saturated rings. The van der Waals surface area contributed by atoms with E-state index < -0.39 is 5.60 Å². The first kappa shape index (κ1) is 16.9. The number of rotatable bonds is 5. The highest BCUT2D eigenvalue weighted by atomic mass is 16.6. The molecule has 0 unspecified atom stereocenters. The van der Waals surface area contributed by atoms with E-state index in [4.69, 9.17) is 11.2 Å². The monoisotopic (exact) mass is 314 g/mol. The van der Waals surface area contributed by atoms with Crippen LogP contribution in [0.3, 0.4) is 0 Å². The van der Waals surface area contributed by atoms with E-state index in [1.807, 2.05) is 13.8 Å². The van der Waals surface area contributed by atoms with Crippen molar-refractivity contribution in [3.8, 4) is 12.3 Å². The number of esters is 1. The molecule has 0 heterocycles. The van der Waals surface area contributed by atoms with Crippen molar-refractivity contribution in [2.75, 3.05) is 5.32 Å². The first-order valence-electron chi connectivity index (χ1n) is 7.78. The lowest BCUT2D eigenvalue weighted by Gasteiger charge is -2.39. The maximum atomic E-state index is 12.2. The zero-order valence-corrected chi connectivity index (χ0v) is 13.5. The topological polar surface area (TPSA) is 67.4 Å². The molecule has 1 saturated carbocycles. The molecule has 0 saturated heterocycles.